The average molecular weight is 372 g/mol. The van der Waals surface area contributed by atoms with Crippen LogP contribution in [0.25, 0.3) is 5.82 Å². The van der Waals surface area contributed by atoms with Gasteiger partial charge in [0.1, 0.15) is 16.4 Å². The van der Waals surface area contributed by atoms with Gasteiger partial charge >= 0.3 is 5.97 Å². The minimum Gasteiger partial charge on any atom is -0.462 e. The van der Waals surface area contributed by atoms with Gasteiger partial charge in [0, 0.05) is 5.75 Å². The molecule has 1 aromatic carbocycles. The molecule has 134 valence electrons. The number of carbonyl (C=O) groups is 1. The van der Waals surface area contributed by atoms with Gasteiger partial charge in [-0.15, -0.1) is 10.2 Å². The molecule has 26 heavy (non-hydrogen) atoms. The third-order valence-electron chi connectivity index (χ3n) is 3.62. The van der Waals surface area contributed by atoms with Crippen LogP contribution < -0.4 is 0 Å². The number of ether oxygens (including phenoxy) is 1. The van der Waals surface area contributed by atoms with Crippen molar-refractivity contribution >= 4 is 17.7 Å². The molecule has 0 N–H and O–H groups in total. The molecule has 0 spiro atoms. The highest BCUT2D eigenvalue weighted by atomic mass is 32.2. The van der Waals surface area contributed by atoms with E-state index in [1.54, 1.807) is 30.7 Å². The van der Waals surface area contributed by atoms with Crippen molar-refractivity contribution in [2.75, 3.05) is 6.61 Å². The molecule has 8 heteroatoms. The Morgan fingerprint density at radius 1 is 1.27 bits per heavy atom. The Kier molecular flexibility index (Phi) is 5.62. The minimum absolute atomic E-state index is 0.254. The van der Waals surface area contributed by atoms with Crippen LogP contribution in [0.1, 0.15) is 28.5 Å². The molecule has 0 atom stereocenters. The fourth-order valence-electron chi connectivity index (χ4n) is 2.34. The fraction of sp³-hybridized carbons (Fsp3) is 0.222. The van der Waals surface area contributed by atoms with Crippen LogP contribution in [0.5, 0.6) is 0 Å². The first kappa shape index (κ1) is 18.1. The van der Waals surface area contributed by atoms with E-state index < -0.39 is 5.97 Å². The van der Waals surface area contributed by atoms with Gasteiger partial charge in [0.15, 0.2) is 5.82 Å². The lowest BCUT2D eigenvalue weighted by molar-refractivity contribution is 0.0525. The molecule has 0 saturated heterocycles. The topological polar surface area (TPSA) is 69.9 Å². The molecule has 0 saturated carbocycles. The number of benzene rings is 1. The van der Waals surface area contributed by atoms with Gasteiger partial charge in [0.2, 0.25) is 0 Å². The Bertz CT molecular complexity index is 912. The summed E-state index contributed by atoms with van der Waals surface area (Å²) in [6.45, 7) is 3.83. The van der Waals surface area contributed by atoms with Crippen molar-refractivity contribution in [1.29, 1.82) is 0 Å². The highest BCUT2D eigenvalue weighted by Gasteiger charge is 2.16. The van der Waals surface area contributed by atoms with Crippen LogP contribution in [0, 0.1) is 12.7 Å². The van der Waals surface area contributed by atoms with Crippen LogP contribution in [0.4, 0.5) is 4.39 Å². The smallest absolute Gasteiger partial charge is 0.341 e. The van der Waals surface area contributed by atoms with Gasteiger partial charge < -0.3 is 4.74 Å². The van der Waals surface area contributed by atoms with Crippen molar-refractivity contribution in [3.05, 3.63) is 65.2 Å². The lowest BCUT2D eigenvalue weighted by Gasteiger charge is -2.05. The Balaban J connectivity index is 1.71. The Morgan fingerprint density at radius 3 is 2.81 bits per heavy atom. The third-order valence-corrected chi connectivity index (χ3v) is 4.62. The molecule has 0 aliphatic heterocycles. The first-order valence-corrected chi connectivity index (χ1v) is 9.00. The molecule has 2 aromatic heterocycles. The van der Waals surface area contributed by atoms with Gasteiger partial charge in [-0.3, -0.25) is 0 Å². The lowest BCUT2D eigenvalue weighted by atomic mass is 10.2. The van der Waals surface area contributed by atoms with E-state index in [-0.39, 0.29) is 5.82 Å². The van der Waals surface area contributed by atoms with E-state index in [1.807, 2.05) is 12.1 Å². The molecule has 0 amide bonds. The standard InChI is InChI=1S/C18H17FN4O2S/c1-3-25-18(24)15-10-20-23(12(15)2)16-7-8-17(22-21-16)26-11-13-5-4-6-14(19)9-13/h4-10H,3,11H2,1-2H3. The molecule has 0 radical (unpaired) electrons. The van der Waals surface area contributed by atoms with E-state index in [9.17, 15) is 9.18 Å². The summed E-state index contributed by atoms with van der Waals surface area (Å²) in [5, 5.41) is 13.2. The fourth-order valence-corrected chi connectivity index (χ4v) is 3.09. The molecule has 0 aliphatic rings. The summed E-state index contributed by atoms with van der Waals surface area (Å²) in [6.07, 6.45) is 1.46. The van der Waals surface area contributed by atoms with Crippen molar-refractivity contribution in [3.8, 4) is 5.82 Å². The third kappa shape index (κ3) is 4.08. The van der Waals surface area contributed by atoms with E-state index in [0.29, 0.717) is 34.5 Å². The van der Waals surface area contributed by atoms with Gasteiger partial charge in [0.25, 0.3) is 0 Å². The number of aromatic nitrogens is 4. The van der Waals surface area contributed by atoms with Crippen LogP contribution in [0.15, 0.2) is 47.6 Å². The Labute approximate surface area is 154 Å². The number of carbonyl (C=O) groups excluding carboxylic acids is 1. The summed E-state index contributed by atoms with van der Waals surface area (Å²) in [6, 6.07) is 10.1. The molecule has 2 heterocycles. The number of thioether (sulfide) groups is 1. The average Bonchev–Trinajstić information content (AvgIpc) is 3.02. The maximum absolute atomic E-state index is 13.2. The van der Waals surface area contributed by atoms with Gasteiger partial charge in [0.05, 0.1) is 18.5 Å². The van der Waals surface area contributed by atoms with E-state index >= 15 is 0 Å². The van der Waals surface area contributed by atoms with E-state index in [0.717, 1.165) is 5.56 Å². The van der Waals surface area contributed by atoms with Crippen LogP contribution >= 0.6 is 11.8 Å². The molecule has 0 aliphatic carbocycles. The second kappa shape index (κ2) is 8.09. The zero-order chi connectivity index (χ0) is 18.5. The lowest BCUT2D eigenvalue weighted by Crippen LogP contribution is -2.08. The zero-order valence-corrected chi connectivity index (χ0v) is 15.2. The van der Waals surface area contributed by atoms with E-state index in [4.69, 9.17) is 4.74 Å². The van der Waals surface area contributed by atoms with Gasteiger partial charge in [-0.25, -0.2) is 13.9 Å². The van der Waals surface area contributed by atoms with Crippen molar-refractivity contribution in [2.45, 2.75) is 24.6 Å². The maximum atomic E-state index is 13.2. The molecule has 0 bridgehead atoms. The highest BCUT2D eigenvalue weighted by Crippen LogP contribution is 2.21. The minimum atomic E-state index is -0.411. The summed E-state index contributed by atoms with van der Waals surface area (Å²) in [5.41, 5.74) is 1.92. The van der Waals surface area contributed by atoms with E-state index in [1.165, 1.54) is 30.1 Å². The molecule has 6 nitrogen and oxygen atoms in total. The van der Waals surface area contributed by atoms with Gasteiger partial charge in [-0.2, -0.15) is 5.10 Å². The van der Waals surface area contributed by atoms with Crippen LogP contribution in [0.3, 0.4) is 0 Å². The molecule has 0 unspecified atom stereocenters. The zero-order valence-electron chi connectivity index (χ0n) is 14.3. The summed E-state index contributed by atoms with van der Waals surface area (Å²) < 4.78 is 19.7. The van der Waals surface area contributed by atoms with Gasteiger partial charge in [-0.1, -0.05) is 23.9 Å². The normalized spacial score (nSPS) is 10.7. The summed E-state index contributed by atoms with van der Waals surface area (Å²) in [7, 11) is 0. The first-order valence-electron chi connectivity index (χ1n) is 8.01. The van der Waals surface area contributed by atoms with Crippen LogP contribution in [-0.2, 0) is 10.5 Å². The first-order chi connectivity index (χ1) is 12.6. The quantitative estimate of drug-likeness (QED) is 0.487. The van der Waals surface area contributed by atoms with E-state index in [2.05, 4.69) is 15.3 Å². The Morgan fingerprint density at radius 2 is 2.12 bits per heavy atom. The second-order valence-electron chi connectivity index (χ2n) is 5.42. The molecule has 0 fully saturated rings. The molecule has 3 rings (SSSR count). The monoisotopic (exact) mass is 372 g/mol. The number of hydrogen-bond donors (Lipinski definition) is 0. The Hall–Kier alpha value is -2.74. The van der Waals surface area contributed by atoms with Crippen LogP contribution in [-0.4, -0.2) is 32.6 Å². The number of hydrogen-bond acceptors (Lipinski definition) is 6. The predicted octanol–water partition coefficient (Wildman–Crippen LogP) is 3.58. The number of rotatable bonds is 6. The second-order valence-corrected chi connectivity index (χ2v) is 6.42. The van der Waals surface area contributed by atoms with Crippen molar-refractivity contribution in [2.24, 2.45) is 0 Å². The van der Waals surface area contributed by atoms with Crippen LogP contribution in [0.2, 0.25) is 0 Å². The summed E-state index contributed by atoms with van der Waals surface area (Å²) >= 11 is 1.46. The summed E-state index contributed by atoms with van der Waals surface area (Å²) in [4.78, 5) is 11.9. The molecular weight excluding hydrogens is 355 g/mol. The largest absolute Gasteiger partial charge is 0.462 e. The van der Waals surface area contributed by atoms with Crippen molar-refractivity contribution < 1.29 is 13.9 Å². The van der Waals surface area contributed by atoms with Crippen molar-refractivity contribution in [3.63, 3.8) is 0 Å². The maximum Gasteiger partial charge on any atom is 0.341 e. The molecule has 3 aromatic rings. The van der Waals surface area contributed by atoms with Crippen molar-refractivity contribution in [1.82, 2.24) is 20.0 Å². The number of halogens is 1. The number of nitrogens with zero attached hydrogens (tertiary/aromatic N) is 4. The predicted molar refractivity (Wildman–Crippen MR) is 95.8 cm³/mol. The summed E-state index contributed by atoms with van der Waals surface area (Å²) in [5.74, 6) is 0.440. The number of esters is 1. The molecular formula is C18H17FN4O2S. The van der Waals surface area contributed by atoms with Gasteiger partial charge in [-0.05, 0) is 43.7 Å². The SMILES string of the molecule is CCOC(=O)c1cnn(-c2ccc(SCc3cccc(F)c3)nn2)c1C. The highest BCUT2D eigenvalue weighted by molar-refractivity contribution is 7.98.